The Morgan fingerprint density at radius 1 is 0.955 bits per heavy atom. The number of fused-ring (bicyclic) bond motifs is 1. The first-order chi connectivity index (χ1) is 10.7. The van der Waals surface area contributed by atoms with E-state index in [9.17, 15) is 0 Å². The molecule has 5 nitrogen and oxygen atoms in total. The van der Waals surface area contributed by atoms with E-state index >= 15 is 0 Å². The van der Waals surface area contributed by atoms with Crippen LogP contribution < -0.4 is 16.2 Å². The number of benzene rings is 2. The average molecular weight is 294 g/mol. The third-order valence-electron chi connectivity index (χ3n) is 3.63. The van der Waals surface area contributed by atoms with Gasteiger partial charge >= 0.3 is 0 Å². The normalized spacial score (nSPS) is 10.8. The van der Waals surface area contributed by atoms with Crippen LogP contribution in [0.3, 0.4) is 0 Å². The second kappa shape index (κ2) is 5.89. The van der Waals surface area contributed by atoms with Crippen molar-refractivity contribution in [3.8, 4) is 5.75 Å². The van der Waals surface area contributed by atoms with Crippen LogP contribution in [0.1, 0.15) is 11.1 Å². The Bertz CT molecular complexity index is 803. The van der Waals surface area contributed by atoms with E-state index in [2.05, 4.69) is 22.1 Å². The van der Waals surface area contributed by atoms with E-state index in [1.165, 1.54) is 5.56 Å². The van der Waals surface area contributed by atoms with Crippen molar-refractivity contribution in [2.24, 2.45) is 0 Å². The molecule has 112 valence electrons. The number of nitrogen functional groups attached to an aromatic ring is 2. The van der Waals surface area contributed by atoms with Gasteiger partial charge in [0.1, 0.15) is 11.6 Å². The highest BCUT2D eigenvalue weighted by molar-refractivity contribution is 5.94. The number of rotatable bonds is 4. The van der Waals surface area contributed by atoms with E-state index < -0.39 is 0 Å². The Morgan fingerprint density at radius 3 is 2.41 bits per heavy atom. The number of hydrogen-bond acceptors (Lipinski definition) is 5. The van der Waals surface area contributed by atoms with Crippen molar-refractivity contribution in [3.05, 3.63) is 53.6 Å². The predicted molar refractivity (Wildman–Crippen MR) is 88.8 cm³/mol. The minimum Gasteiger partial charge on any atom is -0.496 e. The third-order valence-corrected chi connectivity index (χ3v) is 3.63. The lowest BCUT2D eigenvalue weighted by Crippen LogP contribution is -2.03. The van der Waals surface area contributed by atoms with Crippen LogP contribution in [0.15, 0.2) is 42.5 Å². The lowest BCUT2D eigenvalue weighted by atomic mass is 10.0. The summed E-state index contributed by atoms with van der Waals surface area (Å²) < 4.78 is 5.44. The third kappa shape index (κ3) is 2.79. The number of nitrogens with zero attached hydrogens (tertiary/aromatic N) is 2. The van der Waals surface area contributed by atoms with Crippen molar-refractivity contribution >= 4 is 22.7 Å². The van der Waals surface area contributed by atoms with E-state index in [4.69, 9.17) is 16.2 Å². The highest BCUT2D eigenvalue weighted by atomic mass is 16.5. The molecule has 22 heavy (non-hydrogen) atoms. The van der Waals surface area contributed by atoms with Crippen LogP contribution in [0.5, 0.6) is 5.75 Å². The predicted octanol–water partition coefficient (Wildman–Crippen LogP) is 2.59. The van der Waals surface area contributed by atoms with Gasteiger partial charge in [0.25, 0.3) is 0 Å². The number of ether oxygens (including phenoxy) is 1. The van der Waals surface area contributed by atoms with Crippen molar-refractivity contribution in [1.29, 1.82) is 0 Å². The van der Waals surface area contributed by atoms with Gasteiger partial charge in [0.15, 0.2) is 0 Å². The maximum absolute atomic E-state index is 5.94. The number of hydrogen-bond donors (Lipinski definition) is 2. The summed E-state index contributed by atoms with van der Waals surface area (Å²) in [4.78, 5) is 8.27. The molecule has 0 spiro atoms. The number of methoxy groups -OCH3 is 1. The highest BCUT2D eigenvalue weighted by Crippen LogP contribution is 2.31. The van der Waals surface area contributed by atoms with E-state index in [0.717, 1.165) is 18.4 Å². The van der Waals surface area contributed by atoms with Crippen LogP contribution in [-0.4, -0.2) is 17.1 Å². The Hall–Kier alpha value is -2.82. The molecular weight excluding hydrogens is 276 g/mol. The summed E-state index contributed by atoms with van der Waals surface area (Å²) in [7, 11) is 1.62. The zero-order valence-electron chi connectivity index (χ0n) is 12.4. The van der Waals surface area contributed by atoms with Gasteiger partial charge in [-0.25, -0.2) is 4.98 Å². The first-order valence-corrected chi connectivity index (χ1v) is 7.11. The maximum Gasteiger partial charge on any atom is 0.222 e. The van der Waals surface area contributed by atoms with Gasteiger partial charge in [0, 0.05) is 0 Å². The Kier molecular flexibility index (Phi) is 3.78. The highest BCUT2D eigenvalue weighted by Gasteiger charge is 2.11. The van der Waals surface area contributed by atoms with Crippen LogP contribution in [0.2, 0.25) is 0 Å². The molecule has 2 aromatic carbocycles. The van der Waals surface area contributed by atoms with Crippen molar-refractivity contribution in [2.75, 3.05) is 18.6 Å². The quantitative estimate of drug-likeness (QED) is 0.772. The first-order valence-electron chi connectivity index (χ1n) is 7.11. The Morgan fingerprint density at radius 2 is 1.68 bits per heavy atom. The SMILES string of the molecule is COc1cc(CCc2ccccc2)cc2nc(N)nc(N)c12. The van der Waals surface area contributed by atoms with Crippen LogP contribution in [-0.2, 0) is 12.8 Å². The van der Waals surface area contributed by atoms with Gasteiger partial charge < -0.3 is 16.2 Å². The van der Waals surface area contributed by atoms with Gasteiger partial charge in [0.05, 0.1) is 18.0 Å². The van der Waals surface area contributed by atoms with Gasteiger partial charge in [-0.1, -0.05) is 30.3 Å². The van der Waals surface area contributed by atoms with Gasteiger partial charge in [-0.15, -0.1) is 0 Å². The Balaban J connectivity index is 1.97. The molecule has 5 heteroatoms. The molecule has 3 rings (SSSR count). The second-order valence-corrected chi connectivity index (χ2v) is 5.14. The topological polar surface area (TPSA) is 87.0 Å². The fourth-order valence-corrected chi connectivity index (χ4v) is 2.57. The minimum atomic E-state index is 0.173. The molecule has 0 aliphatic rings. The number of aromatic nitrogens is 2. The van der Waals surface area contributed by atoms with Gasteiger partial charge in [-0.2, -0.15) is 4.98 Å². The van der Waals surface area contributed by atoms with E-state index in [1.54, 1.807) is 7.11 Å². The standard InChI is InChI=1S/C17H18N4O/c1-22-14-10-12(8-7-11-5-3-2-4-6-11)9-13-15(14)16(18)21-17(19)20-13/h2-6,9-10H,7-8H2,1H3,(H4,18,19,20,21). The number of aryl methyl sites for hydroxylation is 2. The fraction of sp³-hybridized carbons (Fsp3) is 0.176. The van der Waals surface area contributed by atoms with Gasteiger partial charge in [0.2, 0.25) is 5.95 Å². The summed E-state index contributed by atoms with van der Waals surface area (Å²) in [5.74, 6) is 1.19. The summed E-state index contributed by atoms with van der Waals surface area (Å²) in [6.07, 6.45) is 1.84. The van der Waals surface area contributed by atoms with Crippen molar-refractivity contribution in [1.82, 2.24) is 9.97 Å². The molecular formula is C17H18N4O. The number of nitrogens with two attached hydrogens (primary N) is 2. The molecule has 0 atom stereocenters. The molecule has 0 bridgehead atoms. The van der Waals surface area contributed by atoms with Crippen molar-refractivity contribution in [2.45, 2.75) is 12.8 Å². The van der Waals surface area contributed by atoms with Crippen LogP contribution in [0.4, 0.5) is 11.8 Å². The summed E-state index contributed by atoms with van der Waals surface area (Å²) in [5, 5.41) is 0.708. The van der Waals surface area contributed by atoms with Crippen molar-refractivity contribution < 1.29 is 4.74 Å². The van der Waals surface area contributed by atoms with E-state index in [0.29, 0.717) is 22.5 Å². The zero-order chi connectivity index (χ0) is 15.5. The molecule has 1 aromatic heterocycles. The number of anilines is 2. The summed E-state index contributed by atoms with van der Waals surface area (Å²) in [6, 6.07) is 14.3. The van der Waals surface area contributed by atoms with Crippen molar-refractivity contribution in [3.63, 3.8) is 0 Å². The summed E-state index contributed by atoms with van der Waals surface area (Å²) in [5.41, 5.74) is 14.8. The van der Waals surface area contributed by atoms with Gasteiger partial charge in [-0.3, -0.25) is 0 Å². The molecule has 0 radical (unpaired) electrons. The molecule has 0 saturated carbocycles. The Labute approximate surface area is 128 Å². The lowest BCUT2D eigenvalue weighted by molar-refractivity contribution is 0.419. The van der Waals surface area contributed by atoms with Crippen LogP contribution >= 0.6 is 0 Å². The molecule has 3 aromatic rings. The van der Waals surface area contributed by atoms with Crippen LogP contribution in [0, 0.1) is 0 Å². The van der Waals surface area contributed by atoms with Crippen LogP contribution in [0.25, 0.3) is 10.9 Å². The van der Waals surface area contributed by atoms with E-state index in [1.807, 2.05) is 30.3 Å². The molecule has 0 unspecified atom stereocenters. The summed E-state index contributed by atoms with van der Waals surface area (Å²) >= 11 is 0. The first kappa shape index (κ1) is 14.1. The monoisotopic (exact) mass is 294 g/mol. The smallest absolute Gasteiger partial charge is 0.222 e. The van der Waals surface area contributed by atoms with Gasteiger partial charge in [-0.05, 0) is 36.1 Å². The largest absolute Gasteiger partial charge is 0.496 e. The zero-order valence-corrected chi connectivity index (χ0v) is 12.4. The molecule has 1 heterocycles. The molecule has 0 aliphatic carbocycles. The van der Waals surface area contributed by atoms with E-state index in [-0.39, 0.29) is 5.95 Å². The summed E-state index contributed by atoms with van der Waals surface area (Å²) in [6.45, 7) is 0. The minimum absolute atomic E-state index is 0.173. The molecule has 0 aliphatic heterocycles. The molecule has 4 N–H and O–H groups in total. The molecule has 0 saturated heterocycles. The average Bonchev–Trinajstić information content (AvgIpc) is 2.52. The molecule has 0 fully saturated rings. The maximum atomic E-state index is 5.94. The lowest BCUT2D eigenvalue weighted by Gasteiger charge is -2.11. The second-order valence-electron chi connectivity index (χ2n) is 5.14. The molecule has 0 amide bonds. The fourth-order valence-electron chi connectivity index (χ4n) is 2.57.